The third-order valence-corrected chi connectivity index (χ3v) is 5.80. The Labute approximate surface area is 153 Å². The van der Waals surface area contributed by atoms with Gasteiger partial charge in [-0.1, -0.05) is 31.6 Å². The summed E-state index contributed by atoms with van der Waals surface area (Å²) in [6.45, 7) is 6.01. The molecule has 0 saturated heterocycles. The number of aromatic nitrogens is 3. The van der Waals surface area contributed by atoms with Gasteiger partial charge in [-0.3, -0.25) is 4.79 Å². The Morgan fingerprint density at radius 1 is 1.28 bits per heavy atom. The zero-order chi connectivity index (χ0) is 18.0. The molecule has 0 fully saturated rings. The van der Waals surface area contributed by atoms with Gasteiger partial charge in [0.1, 0.15) is 11.5 Å². The first-order chi connectivity index (χ1) is 12.0. The van der Waals surface area contributed by atoms with Crippen LogP contribution in [0.15, 0.2) is 16.9 Å². The van der Waals surface area contributed by atoms with Crippen LogP contribution in [0, 0.1) is 6.92 Å². The lowest BCUT2D eigenvalue weighted by Crippen LogP contribution is -2.14. The van der Waals surface area contributed by atoms with Crippen molar-refractivity contribution in [3.63, 3.8) is 0 Å². The first kappa shape index (κ1) is 17.8. The highest BCUT2D eigenvalue weighted by Crippen LogP contribution is 2.25. The molecule has 3 aromatic heterocycles. The minimum Gasteiger partial charge on any atom is -0.454 e. The largest absolute Gasteiger partial charge is 0.454 e. The van der Waals surface area contributed by atoms with Gasteiger partial charge in [-0.25, -0.2) is 9.78 Å². The number of hydrogen-bond acceptors (Lipinski definition) is 7. The van der Waals surface area contributed by atoms with E-state index >= 15 is 0 Å². The van der Waals surface area contributed by atoms with Gasteiger partial charge in [0.25, 0.3) is 5.56 Å². The fourth-order valence-corrected chi connectivity index (χ4v) is 4.63. The Kier molecular flexibility index (Phi) is 5.29. The summed E-state index contributed by atoms with van der Waals surface area (Å²) in [6, 6.07) is 3.35. The molecule has 6 nitrogen and oxygen atoms in total. The summed E-state index contributed by atoms with van der Waals surface area (Å²) in [5.41, 5.74) is 1.63. The summed E-state index contributed by atoms with van der Waals surface area (Å²) in [4.78, 5) is 30.8. The molecule has 8 heteroatoms. The number of hydrogen-bond donors (Lipinski definition) is 0. The van der Waals surface area contributed by atoms with Crippen LogP contribution < -0.4 is 5.56 Å². The van der Waals surface area contributed by atoms with E-state index in [1.54, 1.807) is 6.92 Å². The van der Waals surface area contributed by atoms with Crippen molar-refractivity contribution in [2.24, 2.45) is 0 Å². The van der Waals surface area contributed by atoms with Crippen LogP contribution in [0.2, 0.25) is 0 Å². The van der Waals surface area contributed by atoms with Crippen LogP contribution in [0.4, 0.5) is 0 Å². The maximum absolute atomic E-state index is 12.3. The Morgan fingerprint density at radius 3 is 2.80 bits per heavy atom. The lowest BCUT2D eigenvalue weighted by Gasteiger charge is -1.99. The zero-order valence-electron chi connectivity index (χ0n) is 14.4. The first-order valence-corrected chi connectivity index (χ1v) is 9.80. The summed E-state index contributed by atoms with van der Waals surface area (Å²) in [7, 11) is 0. The van der Waals surface area contributed by atoms with Crippen LogP contribution >= 0.6 is 22.7 Å². The Hall–Kier alpha value is -2.06. The molecule has 0 unspecified atom stereocenters. The molecule has 3 aromatic rings. The maximum atomic E-state index is 12.3. The predicted molar refractivity (Wildman–Crippen MR) is 98.7 cm³/mol. The molecule has 0 saturated carbocycles. The van der Waals surface area contributed by atoms with Crippen molar-refractivity contribution >= 4 is 33.6 Å². The SMILES string of the molecule is CCCc1sc(C(=O)OCc2nn3c(=O)cc(C)nc3s2)cc1CC. The number of esters is 1. The van der Waals surface area contributed by atoms with E-state index < -0.39 is 0 Å². The number of carbonyl (C=O) groups is 1. The summed E-state index contributed by atoms with van der Waals surface area (Å²) in [6.07, 6.45) is 2.94. The van der Waals surface area contributed by atoms with Crippen molar-refractivity contribution < 1.29 is 9.53 Å². The molecule has 0 bridgehead atoms. The maximum Gasteiger partial charge on any atom is 0.348 e. The van der Waals surface area contributed by atoms with Gasteiger partial charge in [0.15, 0.2) is 5.01 Å². The molecule has 3 rings (SSSR count). The fourth-order valence-electron chi connectivity index (χ4n) is 2.52. The molecule has 0 aliphatic heterocycles. The van der Waals surface area contributed by atoms with Gasteiger partial charge < -0.3 is 4.74 Å². The second-order valence-electron chi connectivity index (χ2n) is 5.66. The average molecular weight is 377 g/mol. The third kappa shape index (κ3) is 3.80. The van der Waals surface area contributed by atoms with Crippen molar-refractivity contribution in [2.45, 2.75) is 46.6 Å². The quantitative estimate of drug-likeness (QED) is 0.616. The molecule has 0 N–H and O–H groups in total. The highest BCUT2D eigenvalue weighted by atomic mass is 32.1. The van der Waals surface area contributed by atoms with Crippen LogP contribution in [0.5, 0.6) is 0 Å². The van der Waals surface area contributed by atoms with Crippen LogP contribution in [0.25, 0.3) is 4.96 Å². The van der Waals surface area contributed by atoms with E-state index in [1.807, 2.05) is 6.07 Å². The lowest BCUT2D eigenvalue weighted by atomic mass is 10.1. The van der Waals surface area contributed by atoms with Gasteiger partial charge in [0.05, 0.1) is 0 Å². The highest BCUT2D eigenvalue weighted by Gasteiger charge is 2.16. The van der Waals surface area contributed by atoms with E-state index in [9.17, 15) is 9.59 Å². The molecular formula is C17H19N3O3S2. The number of thiophene rings is 1. The van der Waals surface area contributed by atoms with E-state index in [4.69, 9.17) is 4.74 Å². The summed E-state index contributed by atoms with van der Waals surface area (Å²) < 4.78 is 6.62. The van der Waals surface area contributed by atoms with Gasteiger partial charge in [-0.15, -0.1) is 11.3 Å². The molecule has 0 spiro atoms. The Balaban J connectivity index is 1.74. The molecule has 0 atom stereocenters. The standard InChI is InChI=1S/C17H19N3O3S2/c1-4-6-12-11(5-2)8-13(24-12)16(22)23-9-14-19-20-15(21)7-10(3)18-17(20)25-14/h7-8H,4-6,9H2,1-3H3. The zero-order valence-corrected chi connectivity index (χ0v) is 16.0. The minimum absolute atomic E-state index is 0.0355. The van der Waals surface area contributed by atoms with E-state index in [0.29, 0.717) is 20.5 Å². The molecule has 0 radical (unpaired) electrons. The van der Waals surface area contributed by atoms with Crippen molar-refractivity contribution in [1.82, 2.24) is 14.6 Å². The monoisotopic (exact) mass is 377 g/mol. The van der Waals surface area contributed by atoms with E-state index in [-0.39, 0.29) is 18.1 Å². The molecule has 3 heterocycles. The summed E-state index contributed by atoms with van der Waals surface area (Å²) in [5, 5.41) is 4.72. The van der Waals surface area contributed by atoms with Crippen molar-refractivity contribution in [3.05, 3.63) is 48.5 Å². The van der Waals surface area contributed by atoms with Gasteiger partial charge in [-0.05, 0) is 31.4 Å². The number of ether oxygens (including phenoxy) is 1. The van der Waals surface area contributed by atoms with Crippen LogP contribution in [0.1, 0.15) is 51.1 Å². The normalized spacial score (nSPS) is 11.2. The number of nitrogens with zero attached hydrogens (tertiary/aromatic N) is 3. The van der Waals surface area contributed by atoms with Crippen molar-refractivity contribution in [3.8, 4) is 0 Å². The molecular weight excluding hydrogens is 358 g/mol. The molecule has 0 aromatic carbocycles. The van der Waals surface area contributed by atoms with Gasteiger partial charge in [-0.2, -0.15) is 9.61 Å². The molecule has 0 aliphatic rings. The number of rotatable bonds is 6. The van der Waals surface area contributed by atoms with E-state index in [1.165, 1.54) is 43.7 Å². The second kappa shape index (κ2) is 7.45. The smallest absolute Gasteiger partial charge is 0.348 e. The van der Waals surface area contributed by atoms with Gasteiger partial charge in [0, 0.05) is 16.6 Å². The molecule has 132 valence electrons. The topological polar surface area (TPSA) is 73.6 Å². The number of aryl methyl sites for hydroxylation is 3. The van der Waals surface area contributed by atoms with Crippen LogP contribution in [-0.4, -0.2) is 20.6 Å². The third-order valence-electron chi connectivity index (χ3n) is 3.70. The average Bonchev–Trinajstić information content (AvgIpc) is 3.17. The van der Waals surface area contributed by atoms with Gasteiger partial charge in [0.2, 0.25) is 4.96 Å². The summed E-state index contributed by atoms with van der Waals surface area (Å²) >= 11 is 2.75. The Bertz CT molecular complexity index is 971. The van der Waals surface area contributed by atoms with Crippen molar-refractivity contribution in [2.75, 3.05) is 0 Å². The highest BCUT2D eigenvalue weighted by molar-refractivity contribution is 7.16. The van der Waals surface area contributed by atoms with E-state index in [2.05, 4.69) is 23.9 Å². The molecule has 0 aliphatic carbocycles. The second-order valence-corrected chi connectivity index (χ2v) is 7.84. The molecule has 25 heavy (non-hydrogen) atoms. The fraction of sp³-hybridized carbons (Fsp3) is 0.412. The molecule has 0 amide bonds. The number of carbonyl (C=O) groups excluding carboxylic acids is 1. The van der Waals surface area contributed by atoms with Crippen LogP contribution in [0.3, 0.4) is 0 Å². The Morgan fingerprint density at radius 2 is 2.08 bits per heavy atom. The predicted octanol–water partition coefficient (Wildman–Crippen LogP) is 3.39. The minimum atomic E-state index is -0.349. The van der Waals surface area contributed by atoms with E-state index in [0.717, 1.165) is 19.3 Å². The lowest BCUT2D eigenvalue weighted by molar-refractivity contribution is 0.0477. The first-order valence-electron chi connectivity index (χ1n) is 8.17. The van der Waals surface area contributed by atoms with Crippen LogP contribution in [-0.2, 0) is 24.2 Å². The number of fused-ring (bicyclic) bond motifs is 1. The van der Waals surface area contributed by atoms with Crippen molar-refractivity contribution in [1.29, 1.82) is 0 Å². The summed E-state index contributed by atoms with van der Waals surface area (Å²) in [5.74, 6) is -0.349. The van der Waals surface area contributed by atoms with Gasteiger partial charge >= 0.3 is 5.97 Å².